The van der Waals surface area contributed by atoms with Gasteiger partial charge in [-0.15, -0.1) is 0 Å². The SMILES string of the molecule is Cc1c(CC(=O)NCc2ccco2)c(=O)oc2cc(O)cc(O)c12. The first kappa shape index (κ1) is 15.7. The Morgan fingerprint density at radius 2 is 2.08 bits per heavy atom. The lowest BCUT2D eigenvalue weighted by Crippen LogP contribution is -2.27. The maximum absolute atomic E-state index is 12.1. The molecule has 3 aromatic rings. The molecule has 2 heterocycles. The van der Waals surface area contributed by atoms with Crippen molar-refractivity contribution in [3.8, 4) is 11.5 Å². The Morgan fingerprint density at radius 1 is 1.29 bits per heavy atom. The number of fused-ring (bicyclic) bond motifs is 1. The van der Waals surface area contributed by atoms with E-state index in [4.69, 9.17) is 8.83 Å². The Bertz CT molecular complexity index is 955. The fraction of sp³-hybridized carbons (Fsp3) is 0.176. The number of carbonyl (C=O) groups excluding carboxylic acids is 1. The molecule has 3 N–H and O–H groups in total. The van der Waals surface area contributed by atoms with E-state index in [1.807, 2.05) is 0 Å². The van der Waals surface area contributed by atoms with Crippen molar-refractivity contribution < 1.29 is 23.8 Å². The van der Waals surface area contributed by atoms with Gasteiger partial charge in [0.1, 0.15) is 22.8 Å². The summed E-state index contributed by atoms with van der Waals surface area (Å²) in [5, 5.41) is 22.4. The molecule has 0 aliphatic rings. The summed E-state index contributed by atoms with van der Waals surface area (Å²) >= 11 is 0. The summed E-state index contributed by atoms with van der Waals surface area (Å²) in [7, 11) is 0. The van der Waals surface area contributed by atoms with Gasteiger partial charge in [0.05, 0.1) is 30.2 Å². The van der Waals surface area contributed by atoms with Crippen LogP contribution in [0, 0.1) is 6.92 Å². The minimum absolute atomic E-state index is 0.0646. The number of carbonyl (C=O) groups is 1. The van der Waals surface area contributed by atoms with Gasteiger partial charge in [-0.25, -0.2) is 4.79 Å². The van der Waals surface area contributed by atoms with E-state index in [0.717, 1.165) is 6.07 Å². The molecule has 24 heavy (non-hydrogen) atoms. The van der Waals surface area contributed by atoms with Gasteiger partial charge in [0.15, 0.2) is 0 Å². The highest BCUT2D eigenvalue weighted by molar-refractivity contribution is 5.89. The molecule has 0 bridgehead atoms. The number of amides is 1. The van der Waals surface area contributed by atoms with Crippen molar-refractivity contribution in [2.45, 2.75) is 19.9 Å². The zero-order chi connectivity index (χ0) is 17.3. The van der Waals surface area contributed by atoms with E-state index in [9.17, 15) is 19.8 Å². The average Bonchev–Trinajstić information content (AvgIpc) is 3.01. The summed E-state index contributed by atoms with van der Waals surface area (Å²) in [6.07, 6.45) is 1.31. The Kier molecular flexibility index (Phi) is 3.99. The Balaban J connectivity index is 1.89. The number of hydrogen-bond acceptors (Lipinski definition) is 6. The van der Waals surface area contributed by atoms with E-state index in [0.29, 0.717) is 16.7 Å². The molecule has 0 fully saturated rings. The van der Waals surface area contributed by atoms with Crippen LogP contribution in [0.2, 0.25) is 0 Å². The molecule has 124 valence electrons. The second-order valence-electron chi connectivity index (χ2n) is 5.36. The van der Waals surface area contributed by atoms with Crippen LogP contribution in [-0.4, -0.2) is 16.1 Å². The van der Waals surface area contributed by atoms with E-state index in [1.165, 1.54) is 12.3 Å². The number of aryl methyl sites for hydroxylation is 1. The summed E-state index contributed by atoms with van der Waals surface area (Å²) in [4.78, 5) is 24.2. The Hall–Kier alpha value is -3.22. The molecule has 0 radical (unpaired) electrons. The van der Waals surface area contributed by atoms with Crippen LogP contribution in [0.3, 0.4) is 0 Å². The number of hydrogen-bond donors (Lipinski definition) is 3. The number of benzene rings is 1. The first-order valence-corrected chi connectivity index (χ1v) is 7.23. The van der Waals surface area contributed by atoms with Gasteiger partial charge in [-0.3, -0.25) is 4.79 Å². The van der Waals surface area contributed by atoms with Gasteiger partial charge in [0, 0.05) is 12.1 Å². The third kappa shape index (κ3) is 2.96. The van der Waals surface area contributed by atoms with Crippen molar-refractivity contribution in [1.29, 1.82) is 0 Å². The lowest BCUT2D eigenvalue weighted by Gasteiger charge is -2.09. The maximum atomic E-state index is 12.1. The standard InChI is InChI=1S/C17H15NO6/c1-9-12(7-15(21)18-8-11-3-2-4-23-11)17(22)24-14-6-10(19)5-13(20)16(9)14/h2-6,19-20H,7-8H2,1H3,(H,18,21). The molecule has 7 nitrogen and oxygen atoms in total. The monoisotopic (exact) mass is 329 g/mol. The number of phenols is 2. The molecule has 0 unspecified atom stereocenters. The van der Waals surface area contributed by atoms with E-state index < -0.39 is 5.63 Å². The number of phenolic OH excluding ortho intramolecular Hbond substituents is 2. The van der Waals surface area contributed by atoms with Gasteiger partial charge in [-0.1, -0.05) is 0 Å². The van der Waals surface area contributed by atoms with Gasteiger partial charge in [0.25, 0.3) is 0 Å². The lowest BCUT2D eigenvalue weighted by molar-refractivity contribution is -0.120. The van der Waals surface area contributed by atoms with Gasteiger partial charge >= 0.3 is 5.63 Å². The number of furan rings is 1. The molecule has 0 saturated carbocycles. The van der Waals surface area contributed by atoms with Crippen LogP contribution in [0.1, 0.15) is 16.9 Å². The maximum Gasteiger partial charge on any atom is 0.340 e. The highest BCUT2D eigenvalue weighted by atomic mass is 16.4. The van der Waals surface area contributed by atoms with Gasteiger partial charge in [-0.2, -0.15) is 0 Å². The molecule has 0 atom stereocenters. The predicted octanol–water partition coefficient (Wildman–Crippen LogP) is 1.96. The number of rotatable bonds is 4. The predicted molar refractivity (Wildman–Crippen MR) is 84.8 cm³/mol. The molecule has 0 aliphatic carbocycles. The Morgan fingerprint density at radius 3 is 2.79 bits per heavy atom. The molecular weight excluding hydrogens is 314 g/mol. The molecule has 0 saturated heterocycles. The summed E-state index contributed by atoms with van der Waals surface area (Å²) < 4.78 is 10.2. The van der Waals surface area contributed by atoms with Crippen molar-refractivity contribution in [2.24, 2.45) is 0 Å². The zero-order valence-electron chi connectivity index (χ0n) is 12.8. The third-order valence-electron chi connectivity index (χ3n) is 3.72. The molecule has 7 heteroatoms. The van der Waals surface area contributed by atoms with Gasteiger partial charge < -0.3 is 24.4 Å². The molecule has 1 amide bonds. The van der Waals surface area contributed by atoms with Crippen molar-refractivity contribution in [3.05, 3.63) is 57.8 Å². The van der Waals surface area contributed by atoms with Gasteiger partial charge in [-0.05, 0) is 24.6 Å². The first-order chi connectivity index (χ1) is 11.5. The van der Waals surface area contributed by atoms with Crippen LogP contribution in [0.15, 0.2) is 44.2 Å². The Labute approximate surface area is 136 Å². The van der Waals surface area contributed by atoms with E-state index >= 15 is 0 Å². The van der Waals surface area contributed by atoms with E-state index in [1.54, 1.807) is 19.1 Å². The quantitative estimate of drug-likeness (QED) is 0.631. The summed E-state index contributed by atoms with van der Waals surface area (Å²) in [6, 6.07) is 5.82. The highest BCUT2D eigenvalue weighted by Crippen LogP contribution is 2.32. The third-order valence-corrected chi connectivity index (χ3v) is 3.72. The molecular formula is C17H15NO6. The average molecular weight is 329 g/mol. The van der Waals surface area contributed by atoms with Crippen LogP contribution in [0.25, 0.3) is 11.0 Å². The molecule has 0 aliphatic heterocycles. The van der Waals surface area contributed by atoms with Crippen molar-refractivity contribution >= 4 is 16.9 Å². The first-order valence-electron chi connectivity index (χ1n) is 7.23. The normalized spacial score (nSPS) is 10.9. The van der Waals surface area contributed by atoms with Crippen LogP contribution in [0.4, 0.5) is 0 Å². The summed E-state index contributed by atoms with van der Waals surface area (Å²) in [5.41, 5.74) is -0.0276. The number of aromatic hydroxyl groups is 2. The fourth-order valence-corrected chi connectivity index (χ4v) is 2.54. The van der Waals surface area contributed by atoms with Crippen LogP contribution >= 0.6 is 0 Å². The van der Waals surface area contributed by atoms with Crippen molar-refractivity contribution in [2.75, 3.05) is 0 Å². The van der Waals surface area contributed by atoms with E-state index in [-0.39, 0.29) is 41.5 Å². The second kappa shape index (κ2) is 6.11. The van der Waals surface area contributed by atoms with Crippen molar-refractivity contribution in [1.82, 2.24) is 5.32 Å². The highest BCUT2D eigenvalue weighted by Gasteiger charge is 2.17. The number of nitrogens with one attached hydrogen (secondary N) is 1. The fourth-order valence-electron chi connectivity index (χ4n) is 2.54. The minimum atomic E-state index is -0.682. The van der Waals surface area contributed by atoms with Crippen molar-refractivity contribution in [3.63, 3.8) is 0 Å². The lowest BCUT2D eigenvalue weighted by atomic mass is 10.0. The summed E-state index contributed by atoms with van der Waals surface area (Å²) in [6.45, 7) is 1.83. The van der Waals surface area contributed by atoms with Gasteiger partial charge in [0.2, 0.25) is 5.91 Å². The van der Waals surface area contributed by atoms with E-state index in [2.05, 4.69) is 5.32 Å². The van der Waals surface area contributed by atoms with Crippen LogP contribution < -0.4 is 10.9 Å². The second-order valence-corrected chi connectivity index (χ2v) is 5.36. The zero-order valence-corrected chi connectivity index (χ0v) is 12.8. The van der Waals surface area contributed by atoms with Crippen LogP contribution in [0.5, 0.6) is 11.5 Å². The topological polar surface area (TPSA) is 113 Å². The molecule has 0 spiro atoms. The molecule has 2 aromatic heterocycles. The molecule has 1 aromatic carbocycles. The largest absolute Gasteiger partial charge is 0.508 e. The van der Waals surface area contributed by atoms with Crippen LogP contribution in [-0.2, 0) is 17.8 Å². The smallest absolute Gasteiger partial charge is 0.340 e. The summed E-state index contributed by atoms with van der Waals surface area (Å²) in [5.74, 6) is -0.215. The molecule has 3 rings (SSSR count). The minimum Gasteiger partial charge on any atom is -0.508 e.